The average Bonchev–Trinajstić information content (AvgIpc) is 2.84. The molecule has 1 heterocycles. The molecular weight excluding hydrogens is 276 g/mol. The molecule has 1 aliphatic carbocycles. The number of carbonyl (C=O) groups is 1. The molecule has 0 saturated heterocycles. The first-order valence-corrected chi connectivity index (χ1v) is 8.09. The summed E-state index contributed by atoms with van der Waals surface area (Å²) < 4.78 is 5.66. The van der Waals surface area contributed by atoms with Crippen LogP contribution in [0, 0.1) is 6.92 Å². The monoisotopic (exact) mass is 298 g/mol. The molecule has 1 fully saturated rings. The lowest BCUT2D eigenvalue weighted by Gasteiger charge is -2.10. The second-order valence-corrected chi connectivity index (χ2v) is 5.94. The summed E-state index contributed by atoms with van der Waals surface area (Å²) in [4.78, 5) is 12.3. The molecule has 1 saturated carbocycles. The quantitative estimate of drug-likeness (QED) is 0.826. The third-order valence-corrected chi connectivity index (χ3v) is 4.30. The highest BCUT2D eigenvalue weighted by atomic mass is 16.3. The van der Waals surface area contributed by atoms with Gasteiger partial charge in [-0.1, -0.05) is 37.5 Å². The molecule has 0 aliphatic heterocycles. The standard InChI is InChI=1S/C18H22N2O2/c1-13-15-11-7-8-12-16(15)22-17(13)18(21)20-19-14-9-5-3-2-4-6-10-14/h7-8,11-12H,2-6,9-10H2,1H3,(H,20,21). The van der Waals surface area contributed by atoms with Gasteiger partial charge < -0.3 is 4.42 Å². The van der Waals surface area contributed by atoms with Crippen LogP contribution >= 0.6 is 0 Å². The number of hydrogen-bond donors (Lipinski definition) is 1. The first kappa shape index (κ1) is 14.8. The average molecular weight is 298 g/mol. The van der Waals surface area contributed by atoms with Gasteiger partial charge in [0.05, 0.1) is 0 Å². The van der Waals surface area contributed by atoms with Crippen molar-refractivity contribution in [3.8, 4) is 0 Å². The normalized spacial score (nSPS) is 16.1. The number of rotatable bonds is 2. The maximum atomic E-state index is 12.3. The second-order valence-electron chi connectivity index (χ2n) is 5.94. The number of furan rings is 1. The van der Waals surface area contributed by atoms with Crippen molar-refractivity contribution < 1.29 is 9.21 Å². The molecule has 22 heavy (non-hydrogen) atoms. The minimum atomic E-state index is -0.261. The summed E-state index contributed by atoms with van der Waals surface area (Å²) in [7, 11) is 0. The summed E-state index contributed by atoms with van der Waals surface area (Å²) in [5.74, 6) is 0.0969. The number of aryl methyl sites for hydroxylation is 1. The highest BCUT2D eigenvalue weighted by Gasteiger charge is 2.17. The van der Waals surface area contributed by atoms with Crippen molar-refractivity contribution in [3.63, 3.8) is 0 Å². The van der Waals surface area contributed by atoms with Gasteiger partial charge in [0.15, 0.2) is 5.76 Å². The van der Waals surface area contributed by atoms with Gasteiger partial charge in [0.25, 0.3) is 0 Å². The van der Waals surface area contributed by atoms with E-state index in [1.54, 1.807) is 0 Å². The summed E-state index contributed by atoms with van der Waals surface area (Å²) in [6, 6.07) is 7.69. The van der Waals surface area contributed by atoms with E-state index in [1.165, 1.54) is 32.1 Å². The zero-order valence-corrected chi connectivity index (χ0v) is 13.0. The maximum absolute atomic E-state index is 12.3. The van der Waals surface area contributed by atoms with E-state index in [1.807, 2.05) is 31.2 Å². The number of nitrogens with zero attached hydrogens (tertiary/aromatic N) is 1. The fourth-order valence-electron chi connectivity index (χ4n) is 3.00. The largest absolute Gasteiger partial charge is 0.451 e. The molecular formula is C18H22N2O2. The molecule has 1 aromatic heterocycles. The lowest BCUT2D eigenvalue weighted by Crippen LogP contribution is -2.20. The predicted octanol–water partition coefficient (Wildman–Crippen LogP) is 4.57. The third-order valence-electron chi connectivity index (χ3n) is 4.30. The van der Waals surface area contributed by atoms with E-state index >= 15 is 0 Å². The van der Waals surface area contributed by atoms with Crippen LogP contribution in [0.15, 0.2) is 33.8 Å². The van der Waals surface area contributed by atoms with E-state index in [0.29, 0.717) is 5.76 Å². The van der Waals surface area contributed by atoms with E-state index in [4.69, 9.17) is 4.42 Å². The van der Waals surface area contributed by atoms with E-state index in [2.05, 4.69) is 10.5 Å². The Balaban J connectivity index is 1.74. The van der Waals surface area contributed by atoms with E-state index < -0.39 is 0 Å². The Kier molecular flexibility index (Phi) is 4.56. The Morgan fingerprint density at radius 1 is 1.09 bits per heavy atom. The Bertz CT molecular complexity index is 690. The van der Waals surface area contributed by atoms with Crippen molar-refractivity contribution in [3.05, 3.63) is 35.6 Å². The molecule has 1 amide bonds. The molecule has 0 radical (unpaired) electrons. The minimum Gasteiger partial charge on any atom is -0.451 e. The van der Waals surface area contributed by atoms with Gasteiger partial charge in [-0.25, -0.2) is 5.43 Å². The molecule has 1 N–H and O–H groups in total. The van der Waals surface area contributed by atoms with Gasteiger partial charge in [0, 0.05) is 16.7 Å². The van der Waals surface area contributed by atoms with Gasteiger partial charge in [-0.15, -0.1) is 0 Å². The van der Waals surface area contributed by atoms with Crippen molar-refractivity contribution in [1.82, 2.24) is 5.43 Å². The van der Waals surface area contributed by atoms with E-state index in [-0.39, 0.29) is 5.91 Å². The number of hydrazone groups is 1. The van der Waals surface area contributed by atoms with Crippen LogP contribution in [0.2, 0.25) is 0 Å². The fourth-order valence-corrected chi connectivity index (χ4v) is 3.00. The van der Waals surface area contributed by atoms with Gasteiger partial charge >= 0.3 is 5.91 Å². The summed E-state index contributed by atoms with van der Waals surface area (Å²) in [5, 5.41) is 5.31. The van der Waals surface area contributed by atoms with E-state index in [0.717, 1.165) is 35.1 Å². The molecule has 0 atom stereocenters. The lowest BCUT2D eigenvalue weighted by atomic mass is 9.99. The number of amides is 1. The number of benzene rings is 1. The molecule has 4 nitrogen and oxygen atoms in total. The highest BCUT2D eigenvalue weighted by molar-refractivity contribution is 5.99. The smallest absolute Gasteiger partial charge is 0.307 e. The predicted molar refractivity (Wildman–Crippen MR) is 88.2 cm³/mol. The number of hydrogen-bond acceptors (Lipinski definition) is 3. The third kappa shape index (κ3) is 3.21. The summed E-state index contributed by atoms with van der Waals surface area (Å²) >= 11 is 0. The summed E-state index contributed by atoms with van der Waals surface area (Å²) in [6.07, 6.45) is 8.14. The molecule has 2 aromatic rings. The first-order chi connectivity index (χ1) is 10.8. The lowest BCUT2D eigenvalue weighted by molar-refractivity contribution is 0.0928. The number of para-hydroxylation sites is 1. The van der Waals surface area contributed by atoms with Gasteiger partial charge in [0.2, 0.25) is 0 Å². The van der Waals surface area contributed by atoms with E-state index in [9.17, 15) is 4.79 Å². The van der Waals surface area contributed by atoms with Crippen molar-refractivity contribution in [1.29, 1.82) is 0 Å². The zero-order valence-electron chi connectivity index (χ0n) is 13.0. The Hall–Kier alpha value is -2.10. The van der Waals surface area contributed by atoms with Crippen molar-refractivity contribution in [2.45, 2.75) is 51.9 Å². The maximum Gasteiger partial charge on any atom is 0.307 e. The van der Waals surface area contributed by atoms with Crippen LogP contribution in [0.4, 0.5) is 0 Å². The van der Waals surface area contributed by atoms with Crippen molar-refractivity contribution in [2.75, 3.05) is 0 Å². The van der Waals surface area contributed by atoms with Crippen LogP contribution in [0.5, 0.6) is 0 Å². The molecule has 0 unspecified atom stereocenters. The van der Waals surface area contributed by atoms with Gasteiger partial charge in [-0.3, -0.25) is 4.79 Å². The molecule has 1 aromatic carbocycles. The number of fused-ring (bicyclic) bond motifs is 1. The highest BCUT2D eigenvalue weighted by Crippen LogP contribution is 2.24. The summed E-state index contributed by atoms with van der Waals surface area (Å²) in [5.41, 5.74) is 5.38. The number of carbonyl (C=O) groups excluding carboxylic acids is 1. The first-order valence-electron chi connectivity index (χ1n) is 8.09. The Labute approximate surface area is 130 Å². The Morgan fingerprint density at radius 2 is 1.77 bits per heavy atom. The van der Waals surface area contributed by atoms with Crippen LogP contribution in [-0.4, -0.2) is 11.6 Å². The number of nitrogens with one attached hydrogen (secondary N) is 1. The fraction of sp³-hybridized carbons (Fsp3) is 0.444. The van der Waals surface area contributed by atoms with Crippen LogP contribution in [-0.2, 0) is 0 Å². The van der Waals surface area contributed by atoms with Gasteiger partial charge in [-0.05, 0) is 38.7 Å². The second kappa shape index (κ2) is 6.77. The topological polar surface area (TPSA) is 54.6 Å². The molecule has 116 valence electrons. The van der Waals surface area contributed by atoms with Crippen LogP contribution in [0.3, 0.4) is 0 Å². The molecule has 4 heteroatoms. The zero-order chi connectivity index (χ0) is 15.4. The Morgan fingerprint density at radius 3 is 2.50 bits per heavy atom. The molecule has 3 rings (SSSR count). The van der Waals surface area contributed by atoms with Gasteiger partial charge in [-0.2, -0.15) is 5.10 Å². The van der Waals surface area contributed by atoms with Crippen LogP contribution in [0.25, 0.3) is 11.0 Å². The molecule has 1 aliphatic rings. The van der Waals surface area contributed by atoms with Crippen molar-refractivity contribution >= 4 is 22.6 Å². The van der Waals surface area contributed by atoms with Gasteiger partial charge in [0.1, 0.15) is 5.58 Å². The van der Waals surface area contributed by atoms with Crippen LogP contribution in [0.1, 0.15) is 61.1 Å². The SMILES string of the molecule is Cc1c(C(=O)NN=C2CCCCCCC2)oc2ccccc12. The van der Waals surface area contributed by atoms with Crippen LogP contribution < -0.4 is 5.43 Å². The summed E-state index contributed by atoms with van der Waals surface area (Å²) in [6.45, 7) is 1.91. The minimum absolute atomic E-state index is 0.261. The molecule has 0 bridgehead atoms. The molecule has 0 spiro atoms. The van der Waals surface area contributed by atoms with Crippen molar-refractivity contribution in [2.24, 2.45) is 5.10 Å².